The van der Waals surface area contributed by atoms with Crippen LogP contribution in [-0.2, 0) is 4.79 Å². The van der Waals surface area contributed by atoms with Gasteiger partial charge in [0.2, 0.25) is 0 Å². The minimum atomic E-state index is -0.345. The predicted molar refractivity (Wildman–Crippen MR) is 81.6 cm³/mol. The Morgan fingerprint density at radius 1 is 1.19 bits per heavy atom. The van der Waals surface area contributed by atoms with Gasteiger partial charge in [-0.15, -0.1) is 0 Å². The van der Waals surface area contributed by atoms with Crippen LogP contribution in [0.25, 0.3) is 0 Å². The number of ketones is 1. The molecule has 0 aromatic carbocycles. The quantitative estimate of drug-likeness (QED) is 0.823. The van der Waals surface area contributed by atoms with Crippen molar-refractivity contribution in [3.8, 4) is 0 Å². The highest BCUT2D eigenvalue weighted by Crippen LogP contribution is 2.64. The number of aliphatic hydroxyl groups is 2. The van der Waals surface area contributed by atoms with Crippen molar-refractivity contribution in [2.75, 3.05) is 6.61 Å². The van der Waals surface area contributed by atoms with Crippen LogP contribution in [0.3, 0.4) is 0 Å². The van der Waals surface area contributed by atoms with Gasteiger partial charge in [-0.1, -0.05) is 27.2 Å². The van der Waals surface area contributed by atoms with E-state index in [0.717, 1.165) is 19.3 Å². The lowest BCUT2D eigenvalue weighted by atomic mass is 9.48. The molecule has 0 amide bonds. The van der Waals surface area contributed by atoms with Gasteiger partial charge < -0.3 is 10.2 Å². The molecule has 3 aliphatic carbocycles. The standard InChI is InChI=1S/C18H30O3/c1-17(2)8-4-5-11-12-6-7-13(15(21)10-19)18(12,3)9-14(20)16(11)17/h11-14,16,19-20H,4-10H2,1-3H3. The summed E-state index contributed by atoms with van der Waals surface area (Å²) in [6.07, 6.45) is 6.08. The summed E-state index contributed by atoms with van der Waals surface area (Å²) < 4.78 is 0. The van der Waals surface area contributed by atoms with Gasteiger partial charge in [-0.05, 0) is 60.7 Å². The van der Waals surface area contributed by atoms with Crippen molar-refractivity contribution in [1.29, 1.82) is 0 Å². The number of carbonyl (C=O) groups is 1. The van der Waals surface area contributed by atoms with Crippen molar-refractivity contribution >= 4 is 5.78 Å². The zero-order valence-corrected chi connectivity index (χ0v) is 13.6. The second-order valence-corrected chi connectivity index (χ2v) is 8.71. The monoisotopic (exact) mass is 294 g/mol. The average Bonchev–Trinajstić information content (AvgIpc) is 2.73. The zero-order chi connectivity index (χ0) is 15.4. The number of aliphatic hydroxyl groups excluding tert-OH is 2. The molecule has 21 heavy (non-hydrogen) atoms. The van der Waals surface area contributed by atoms with Gasteiger partial charge in [-0.3, -0.25) is 4.79 Å². The largest absolute Gasteiger partial charge is 0.393 e. The van der Waals surface area contributed by atoms with E-state index in [1.54, 1.807) is 0 Å². The van der Waals surface area contributed by atoms with E-state index in [1.807, 2.05) is 0 Å². The fourth-order valence-electron chi connectivity index (χ4n) is 6.45. The van der Waals surface area contributed by atoms with Gasteiger partial charge in [0.25, 0.3) is 0 Å². The number of fused-ring (bicyclic) bond motifs is 3. The molecular formula is C18H30O3. The Kier molecular flexibility index (Phi) is 3.73. The van der Waals surface area contributed by atoms with Crippen LogP contribution in [0.2, 0.25) is 0 Å². The van der Waals surface area contributed by atoms with Crippen LogP contribution in [-0.4, -0.2) is 28.7 Å². The van der Waals surface area contributed by atoms with Crippen molar-refractivity contribution in [2.45, 2.75) is 65.4 Å². The summed E-state index contributed by atoms with van der Waals surface area (Å²) in [7, 11) is 0. The van der Waals surface area contributed by atoms with Crippen LogP contribution in [0.15, 0.2) is 0 Å². The predicted octanol–water partition coefficient (Wildman–Crippen LogP) is 2.79. The molecule has 0 aromatic rings. The molecule has 0 spiro atoms. The summed E-state index contributed by atoms with van der Waals surface area (Å²) in [5.74, 6) is 1.42. The number of hydrogen-bond acceptors (Lipinski definition) is 3. The first kappa shape index (κ1) is 15.5. The van der Waals surface area contributed by atoms with E-state index in [2.05, 4.69) is 20.8 Å². The first-order valence-electron chi connectivity index (χ1n) is 8.63. The summed E-state index contributed by atoms with van der Waals surface area (Å²) in [4.78, 5) is 12.1. The normalized spacial score (nSPS) is 48.5. The molecule has 3 aliphatic rings. The first-order chi connectivity index (χ1) is 9.81. The molecule has 0 bridgehead atoms. The Hall–Kier alpha value is -0.410. The van der Waals surface area contributed by atoms with Crippen LogP contribution >= 0.6 is 0 Å². The van der Waals surface area contributed by atoms with Crippen LogP contribution in [0.5, 0.6) is 0 Å². The van der Waals surface area contributed by atoms with Crippen LogP contribution < -0.4 is 0 Å². The lowest BCUT2D eigenvalue weighted by Gasteiger charge is -2.57. The van der Waals surface area contributed by atoms with Gasteiger partial charge in [0, 0.05) is 5.92 Å². The summed E-state index contributed by atoms with van der Waals surface area (Å²) in [6, 6.07) is 0. The number of hydrogen-bond donors (Lipinski definition) is 2. The maximum absolute atomic E-state index is 12.1. The van der Waals surface area contributed by atoms with E-state index >= 15 is 0 Å². The minimum Gasteiger partial charge on any atom is -0.393 e. The van der Waals surface area contributed by atoms with Crippen LogP contribution in [0.4, 0.5) is 0 Å². The van der Waals surface area contributed by atoms with Crippen molar-refractivity contribution < 1.29 is 15.0 Å². The Balaban J connectivity index is 1.93. The molecule has 3 saturated carbocycles. The molecule has 0 radical (unpaired) electrons. The SMILES string of the molecule is CC1(C)CCCC2C1C(O)CC1(C)C(C(=O)CO)CCC21. The van der Waals surface area contributed by atoms with Gasteiger partial charge in [0.1, 0.15) is 6.61 Å². The van der Waals surface area contributed by atoms with Crippen molar-refractivity contribution in [3.05, 3.63) is 0 Å². The molecule has 0 saturated heterocycles. The van der Waals surface area contributed by atoms with Crippen molar-refractivity contribution in [2.24, 2.45) is 34.5 Å². The number of rotatable bonds is 2. The van der Waals surface area contributed by atoms with E-state index in [4.69, 9.17) is 0 Å². The molecule has 6 unspecified atom stereocenters. The third-order valence-electron chi connectivity index (χ3n) is 7.26. The second kappa shape index (κ2) is 5.06. The lowest BCUT2D eigenvalue weighted by molar-refractivity contribution is -0.148. The highest BCUT2D eigenvalue weighted by Gasteiger charge is 2.60. The molecule has 120 valence electrons. The highest BCUT2D eigenvalue weighted by atomic mass is 16.3. The molecule has 2 N–H and O–H groups in total. The van der Waals surface area contributed by atoms with Gasteiger partial charge in [-0.25, -0.2) is 0 Å². The third-order valence-corrected chi connectivity index (χ3v) is 7.26. The lowest BCUT2D eigenvalue weighted by Crippen LogP contribution is -2.55. The molecule has 3 rings (SSSR count). The van der Waals surface area contributed by atoms with E-state index in [9.17, 15) is 15.0 Å². The Bertz CT molecular complexity index is 430. The molecule has 6 atom stereocenters. The second-order valence-electron chi connectivity index (χ2n) is 8.71. The van der Waals surface area contributed by atoms with Crippen molar-refractivity contribution in [1.82, 2.24) is 0 Å². The van der Waals surface area contributed by atoms with Crippen molar-refractivity contribution in [3.63, 3.8) is 0 Å². The van der Waals surface area contributed by atoms with Gasteiger partial charge >= 0.3 is 0 Å². The molecule has 0 aromatic heterocycles. The number of Topliss-reactive ketones (excluding diaryl/α,β-unsaturated/α-hetero) is 1. The Labute approximate surface area is 128 Å². The first-order valence-corrected chi connectivity index (χ1v) is 8.63. The fourth-order valence-corrected chi connectivity index (χ4v) is 6.45. The topological polar surface area (TPSA) is 57.5 Å². The van der Waals surface area contributed by atoms with Gasteiger partial charge in [0.15, 0.2) is 5.78 Å². The Morgan fingerprint density at radius 3 is 2.57 bits per heavy atom. The Morgan fingerprint density at radius 2 is 1.90 bits per heavy atom. The maximum Gasteiger partial charge on any atom is 0.161 e. The smallest absolute Gasteiger partial charge is 0.161 e. The summed E-state index contributed by atoms with van der Waals surface area (Å²) in [5, 5.41) is 20.1. The zero-order valence-electron chi connectivity index (χ0n) is 13.6. The van der Waals surface area contributed by atoms with Crippen LogP contribution in [0, 0.1) is 34.5 Å². The molecule has 3 fully saturated rings. The minimum absolute atomic E-state index is 0.0132. The fraction of sp³-hybridized carbons (Fsp3) is 0.944. The molecule has 3 nitrogen and oxygen atoms in total. The molecular weight excluding hydrogens is 264 g/mol. The van der Waals surface area contributed by atoms with E-state index in [-0.39, 0.29) is 35.2 Å². The van der Waals surface area contributed by atoms with E-state index in [0.29, 0.717) is 17.8 Å². The third kappa shape index (κ3) is 2.19. The highest BCUT2D eigenvalue weighted by molar-refractivity contribution is 5.83. The number of carbonyl (C=O) groups excluding carboxylic acids is 1. The van der Waals surface area contributed by atoms with Crippen LogP contribution in [0.1, 0.15) is 59.3 Å². The summed E-state index contributed by atoms with van der Waals surface area (Å²) in [5.41, 5.74) is 0.108. The molecule has 0 heterocycles. The van der Waals surface area contributed by atoms with Gasteiger partial charge in [0.05, 0.1) is 6.10 Å². The van der Waals surface area contributed by atoms with E-state index in [1.165, 1.54) is 19.3 Å². The molecule has 3 heteroatoms. The van der Waals surface area contributed by atoms with E-state index < -0.39 is 0 Å². The summed E-state index contributed by atoms with van der Waals surface area (Å²) in [6.45, 7) is 6.47. The average molecular weight is 294 g/mol. The maximum atomic E-state index is 12.1. The molecule has 0 aliphatic heterocycles. The van der Waals surface area contributed by atoms with Gasteiger partial charge in [-0.2, -0.15) is 0 Å². The summed E-state index contributed by atoms with van der Waals surface area (Å²) >= 11 is 0.